The number of rotatable bonds is 7. The zero-order valence-electron chi connectivity index (χ0n) is 21.3. The fraction of sp³-hybridized carbons (Fsp3) is 0.129. The van der Waals surface area contributed by atoms with Crippen molar-refractivity contribution in [2.75, 3.05) is 23.8 Å². The molecule has 0 heterocycles. The average Bonchev–Trinajstić information content (AvgIpc) is 3.10. The normalized spacial score (nSPS) is 12.1. The lowest BCUT2D eigenvalue weighted by molar-refractivity contribution is 0.0944. The van der Waals surface area contributed by atoms with E-state index in [2.05, 4.69) is 16.0 Å². The van der Waals surface area contributed by atoms with Gasteiger partial charge < -0.3 is 21.1 Å². The van der Waals surface area contributed by atoms with Crippen LogP contribution in [0, 0.1) is 11.6 Å². The van der Waals surface area contributed by atoms with E-state index in [1.54, 1.807) is 66.7 Å². The molecule has 202 valence electrons. The molecule has 0 aliphatic heterocycles. The first kappa shape index (κ1) is 26.7. The molecule has 0 saturated heterocycles. The van der Waals surface area contributed by atoms with E-state index in [1.807, 2.05) is 0 Å². The number of aryl methyl sites for hydroxylation is 2. The maximum Gasteiger partial charge on any atom is 0.255 e. The maximum atomic E-state index is 14.7. The second-order valence-electron chi connectivity index (χ2n) is 9.31. The second-order valence-corrected chi connectivity index (χ2v) is 9.31. The molecule has 0 unspecified atom stereocenters. The number of fused-ring (bicyclic) bond motifs is 2. The van der Waals surface area contributed by atoms with Gasteiger partial charge in [-0.05, 0) is 72.5 Å². The minimum absolute atomic E-state index is 0.0496. The van der Waals surface area contributed by atoms with Gasteiger partial charge in [0, 0.05) is 40.6 Å². The molecule has 1 aliphatic carbocycles. The number of aliphatic hydroxyl groups is 1. The topological polar surface area (TPSA) is 108 Å². The SMILES string of the molecule is O=C(NCCO)c1ccc2c(c1)C(=O)c1ccc(Nc3cc(NC(=O)c4ccccc4)c(F)cc3F)cc1CC2. The van der Waals surface area contributed by atoms with Gasteiger partial charge in [0.2, 0.25) is 0 Å². The summed E-state index contributed by atoms with van der Waals surface area (Å²) in [6.45, 7) is -0.0805. The van der Waals surface area contributed by atoms with E-state index in [1.165, 1.54) is 6.07 Å². The van der Waals surface area contributed by atoms with Gasteiger partial charge in [0.25, 0.3) is 11.8 Å². The zero-order chi connectivity index (χ0) is 28.2. The zero-order valence-corrected chi connectivity index (χ0v) is 21.3. The Labute approximate surface area is 228 Å². The van der Waals surface area contributed by atoms with Gasteiger partial charge in [-0.15, -0.1) is 0 Å². The predicted octanol–water partition coefficient (Wildman–Crippen LogP) is 5.01. The number of ketones is 1. The smallest absolute Gasteiger partial charge is 0.255 e. The quantitative estimate of drug-likeness (QED) is 0.263. The highest BCUT2D eigenvalue weighted by Gasteiger charge is 2.23. The minimum atomic E-state index is -0.915. The molecule has 0 atom stereocenters. The van der Waals surface area contributed by atoms with Gasteiger partial charge in [-0.25, -0.2) is 8.78 Å². The van der Waals surface area contributed by atoms with E-state index in [0.717, 1.165) is 11.1 Å². The summed E-state index contributed by atoms with van der Waals surface area (Å²) < 4.78 is 29.2. The molecule has 0 bridgehead atoms. The summed E-state index contributed by atoms with van der Waals surface area (Å²) in [5.74, 6) is -2.91. The molecule has 0 saturated carbocycles. The number of carbonyl (C=O) groups is 3. The number of amides is 2. The Hall–Kier alpha value is -4.89. The van der Waals surface area contributed by atoms with Crippen molar-refractivity contribution in [3.05, 3.63) is 124 Å². The summed E-state index contributed by atoms with van der Waals surface area (Å²) >= 11 is 0. The van der Waals surface area contributed by atoms with Gasteiger partial charge in [-0.3, -0.25) is 14.4 Å². The van der Waals surface area contributed by atoms with E-state index in [4.69, 9.17) is 5.11 Å². The lowest BCUT2D eigenvalue weighted by Gasteiger charge is -2.14. The molecule has 0 aromatic heterocycles. The molecule has 5 rings (SSSR count). The van der Waals surface area contributed by atoms with Crippen LogP contribution in [0.2, 0.25) is 0 Å². The van der Waals surface area contributed by atoms with Crippen LogP contribution in [-0.2, 0) is 12.8 Å². The van der Waals surface area contributed by atoms with E-state index in [-0.39, 0.29) is 36.2 Å². The Morgan fingerprint density at radius 2 is 1.50 bits per heavy atom. The first-order valence-corrected chi connectivity index (χ1v) is 12.7. The molecule has 1 aliphatic rings. The van der Waals surface area contributed by atoms with Crippen molar-refractivity contribution in [2.45, 2.75) is 12.8 Å². The summed E-state index contributed by atoms with van der Waals surface area (Å²) in [6, 6.07) is 20.1. The van der Waals surface area contributed by atoms with Crippen molar-refractivity contribution >= 4 is 34.7 Å². The van der Waals surface area contributed by atoms with Crippen LogP contribution in [-0.4, -0.2) is 35.9 Å². The third-order valence-electron chi connectivity index (χ3n) is 6.65. The first-order chi connectivity index (χ1) is 19.3. The van der Waals surface area contributed by atoms with Crippen molar-refractivity contribution in [3.8, 4) is 0 Å². The highest BCUT2D eigenvalue weighted by Crippen LogP contribution is 2.31. The maximum absolute atomic E-state index is 14.7. The number of carbonyl (C=O) groups excluding carboxylic acids is 3. The van der Waals surface area contributed by atoms with Gasteiger partial charge in [-0.2, -0.15) is 0 Å². The summed E-state index contributed by atoms with van der Waals surface area (Å²) in [5, 5.41) is 16.9. The van der Waals surface area contributed by atoms with Crippen LogP contribution in [0.1, 0.15) is 47.8 Å². The first-order valence-electron chi connectivity index (χ1n) is 12.7. The van der Waals surface area contributed by atoms with Crippen LogP contribution >= 0.6 is 0 Å². The lowest BCUT2D eigenvalue weighted by atomic mass is 9.96. The Kier molecular flexibility index (Phi) is 7.65. The molecule has 4 N–H and O–H groups in total. The van der Waals surface area contributed by atoms with Crippen LogP contribution in [0.15, 0.2) is 78.9 Å². The number of nitrogens with one attached hydrogen (secondary N) is 3. The summed E-state index contributed by atoms with van der Waals surface area (Å²) in [6.07, 6.45) is 1.08. The number of hydrogen-bond acceptors (Lipinski definition) is 5. The standard InChI is InChI=1S/C31H25F2N3O4/c32-25-16-26(33)28(36-31(40)19-4-2-1-3-5-19)17-27(25)35-22-10-11-23-20(14-22)8-6-18-7-9-21(15-24(18)29(23)38)30(39)34-12-13-37/h1-5,7,9-11,14-17,35,37H,6,8,12-13H2,(H,34,39)(H,36,40). The minimum Gasteiger partial charge on any atom is -0.395 e. The Balaban J connectivity index is 1.38. The molecular formula is C31H25F2N3O4. The highest BCUT2D eigenvalue weighted by atomic mass is 19.1. The van der Waals surface area contributed by atoms with E-state index in [0.29, 0.717) is 46.8 Å². The molecule has 0 radical (unpaired) electrons. The number of anilines is 3. The fourth-order valence-electron chi connectivity index (χ4n) is 4.61. The van der Waals surface area contributed by atoms with Gasteiger partial charge in [-0.1, -0.05) is 24.3 Å². The monoisotopic (exact) mass is 541 g/mol. The van der Waals surface area contributed by atoms with Gasteiger partial charge >= 0.3 is 0 Å². The Morgan fingerprint density at radius 3 is 2.27 bits per heavy atom. The van der Waals surface area contributed by atoms with Crippen LogP contribution < -0.4 is 16.0 Å². The molecule has 2 amide bonds. The third kappa shape index (κ3) is 5.60. The summed E-state index contributed by atoms with van der Waals surface area (Å²) in [4.78, 5) is 38.2. The molecule has 0 fully saturated rings. The number of hydrogen-bond donors (Lipinski definition) is 4. The van der Waals surface area contributed by atoms with Crippen LogP contribution in [0.25, 0.3) is 0 Å². The molecule has 40 heavy (non-hydrogen) atoms. The molecule has 4 aromatic rings. The Morgan fingerprint density at radius 1 is 0.750 bits per heavy atom. The van der Waals surface area contributed by atoms with Crippen molar-refractivity contribution in [1.29, 1.82) is 0 Å². The largest absolute Gasteiger partial charge is 0.395 e. The van der Waals surface area contributed by atoms with Crippen molar-refractivity contribution in [1.82, 2.24) is 5.32 Å². The molecular weight excluding hydrogens is 516 g/mol. The van der Waals surface area contributed by atoms with Gasteiger partial charge in [0.15, 0.2) is 5.78 Å². The third-order valence-corrected chi connectivity index (χ3v) is 6.65. The summed E-state index contributed by atoms with van der Waals surface area (Å²) in [5.41, 5.74) is 3.33. The molecule has 9 heteroatoms. The van der Waals surface area contributed by atoms with Gasteiger partial charge in [0.1, 0.15) is 11.6 Å². The second kappa shape index (κ2) is 11.5. The number of aliphatic hydroxyl groups excluding tert-OH is 1. The van der Waals surface area contributed by atoms with Crippen molar-refractivity contribution in [2.24, 2.45) is 0 Å². The lowest BCUT2D eigenvalue weighted by Crippen LogP contribution is -2.26. The predicted molar refractivity (Wildman–Crippen MR) is 147 cm³/mol. The summed E-state index contributed by atoms with van der Waals surface area (Å²) in [7, 11) is 0. The van der Waals surface area contributed by atoms with E-state index >= 15 is 0 Å². The van der Waals surface area contributed by atoms with Crippen molar-refractivity contribution < 1.29 is 28.3 Å². The van der Waals surface area contributed by atoms with E-state index in [9.17, 15) is 23.2 Å². The van der Waals surface area contributed by atoms with Crippen LogP contribution in [0.3, 0.4) is 0 Å². The van der Waals surface area contributed by atoms with Crippen molar-refractivity contribution in [3.63, 3.8) is 0 Å². The Bertz CT molecular complexity index is 1620. The average molecular weight is 542 g/mol. The highest BCUT2D eigenvalue weighted by molar-refractivity contribution is 6.12. The van der Waals surface area contributed by atoms with E-state index < -0.39 is 17.5 Å². The van der Waals surface area contributed by atoms with Crippen LogP contribution in [0.4, 0.5) is 25.8 Å². The molecule has 7 nitrogen and oxygen atoms in total. The molecule has 4 aromatic carbocycles. The fourth-order valence-corrected chi connectivity index (χ4v) is 4.61. The van der Waals surface area contributed by atoms with Gasteiger partial charge in [0.05, 0.1) is 18.0 Å². The number of halogens is 2. The van der Waals surface area contributed by atoms with Crippen LogP contribution in [0.5, 0.6) is 0 Å². The number of benzene rings is 4. The molecule has 0 spiro atoms.